The lowest BCUT2D eigenvalue weighted by atomic mass is 10.1. The summed E-state index contributed by atoms with van der Waals surface area (Å²) in [6.45, 7) is 0.0645. The van der Waals surface area contributed by atoms with E-state index in [0.29, 0.717) is 5.56 Å². The zero-order chi connectivity index (χ0) is 14.6. The molecule has 0 radical (unpaired) electrons. The Morgan fingerprint density at radius 1 is 0.952 bits per heavy atom. The van der Waals surface area contributed by atoms with Crippen molar-refractivity contribution in [2.24, 2.45) is 5.73 Å². The van der Waals surface area contributed by atoms with E-state index in [-0.39, 0.29) is 31.3 Å². The van der Waals surface area contributed by atoms with Gasteiger partial charge in [0.15, 0.2) is 0 Å². The van der Waals surface area contributed by atoms with Gasteiger partial charge < -0.3 is 10.5 Å². The van der Waals surface area contributed by atoms with Gasteiger partial charge in [-0.3, -0.25) is 0 Å². The van der Waals surface area contributed by atoms with E-state index in [4.69, 9.17) is 10.5 Å². The molecule has 0 saturated heterocycles. The van der Waals surface area contributed by atoms with Gasteiger partial charge in [-0.25, -0.2) is 0 Å². The van der Waals surface area contributed by atoms with E-state index in [1.54, 1.807) is 24.3 Å². The van der Waals surface area contributed by atoms with Crippen molar-refractivity contribution < 1.29 is 17.9 Å². The number of ether oxygens (including phenoxy) is 1. The fraction of sp³-hybridized carbons (Fsp3) is 0.200. The van der Waals surface area contributed by atoms with Crippen molar-refractivity contribution in [3.05, 3.63) is 65.2 Å². The molecule has 0 bridgehead atoms. The fourth-order valence-electron chi connectivity index (χ4n) is 1.87. The standard InChI is InChI=1S/C15H14F3NO.ClH/c16-15(17,18)13-8-4-7-12(9-19)14(13)20-10-11-5-2-1-3-6-11;/h1-8H,9-10,19H2;1H. The lowest BCUT2D eigenvalue weighted by Crippen LogP contribution is -2.12. The van der Waals surface area contributed by atoms with Crippen LogP contribution in [0.3, 0.4) is 0 Å². The van der Waals surface area contributed by atoms with Crippen LogP contribution in [0.5, 0.6) is 5.75 Å². The minimum atomic E-state index is -4.46. The third-order valence-electron chi connectivity index (χ3n) is 2.85. The largest absolute Gasteiger partial charge is 0.488 e. The van der Waals surface area contributed by atoms with Crippen molar-refractivity contribution in [1.29, 1.82) is 0 Å². The van der Waals surface area contributed by atoms with E-state index in [2.05, 4.69) is 0 Å². The molecule has 0 saturated carbocycles. The van der Waals surface area contributed by atoms with Crippen molar-refractivity contribution >= 4 is 12.4 Å². The smallest absolute Gasteiger partial charge is 0.419 e. The molecule has 2 rings (SSSR count). The summed E-state index contributed by atoms with van der Waals surface area (Å²) in [6, 6.07) is 12.9. The summed E-state index contributed by atoms with van der Waals surface area (Å²) in [7, 11) is 0. The molecule has 114 valence electrons. The summed E-state index contributed by atoms with van der Waals surface area (Å²) in [5.74, 6) is -0.189. The first-order valence-corrected chi connectivity index (χ1v) is 6.08. The van der Waals surface area contributed by atoms with E-state index in [9.17, 15) is 13.2 Å². The summed E-state index contributed by atoms with van der Waals surface area (Å²) >= 11 is 0. The Bertz CT molecular complexity index is 573. The van der Waals surface area contributed by atoms with Gasteiger partial charge in [-0.1, -0.05) is 42.5 Å². The van der Waals surface area contributed by atoms with Crippen LogP contribution in [0.25, 0.3) is 0 Å². The second-order valence-corrected chi connectivity index (χ2v) is 4.27. The Balaban J connectivity index is 0.00000220. The molecular formula is C15H15ClF3NO. The molecule has 0 spiro atoms. The second-order valence-electron chi connectivity index (χ2n) is 4.27. The van der Waals surface area contributed by atoms with Gasteiger partial charge in [0.1, 0.15) is 12.4 Å². The Morgan fingerprint density at radius 2 is 1.62 bits per heavy atom. The molecule has 6 heteroatoms. The first-order chi connectivity index (χ1) is 9.52. The minimum absolute atomic E-state index is 0. The molecule has 0 fully saturated rings. The second kappa shape index (κ2) is 7.33. The molecule has 2 aromatic rings. The van der Waals surface area contributed by atoms with E-state index in [1.807, 2.05) is 6.07 Å². The zero-order valence-electron chi connectivity index (χ0n) is 11.1. The molecular weight excluding hydrogens is 303 g/mol. The highest BCUT2D eigenvalue weighted by atomic mass is 35.5. The fourth-order valence-corrected chi connectivity index (χ4v) is 1.87. The van der Waals surface area contributed by atoms with Gasteiger partial charge in [0.2, 0.25) is 0 Å². The van der Waals surface area contributed by atoms with Gasteiger partial charge in [-0.05, 0) is 11.6 Å². The molecule has 0 unspecified atom stereocenters. The summed E-state index contributed by atoms with van der Waals surface area (Å²) < 4.78 is 44.3. The SMILES string of the molecule is Cl.NCc1cccc(C(F)(F)F)c1OCc1ccccc1. The Morgan fingerprint density at radius 3 is 2.19 bits per heavy atom. The topological polar surface area (TPSA) is 35.2 Å². The third-order valence-corrected chi connectivity index (χ3v) is 2.85. The summed E-state index contributed by atoms with van der Waals surface area (Å²) in [5.41, 5.74) is 5.83. The van der Waals surface area contributed by atoms with Gasteiger partial charge in [0.25, 0.3) is 0 Å². The minimum Gasteiger partial charge on any atom is -0.488 e. The zero-order valence-corrected chi connectivity index (χ0v) is 11.9. The monoisotopic (exact) mass is 317 g/mol. The van der Waals surface area contributed by atoms with Gasteiger partial charge in [-0.2, -0.15) is 13.2 Å². The van der Waals surface area contributed by atoms with E-state index in [1.165, 1.54) is 12.1 Å². The van der Waals surface area contributed by atoms with Crippen LogP contribution >= 0.6 is 12.4 Å². The number of para-hydroxylation sites is 1. The number of rotatable bonds is 4. The van der Waals surface area contributed by atoms with Crippen molar-refractivity contribution in [2.45, 2.75) is 19.3 Å². The first kappa shape index (κ1) is 17.3. The van der Waals surface area contributed by atoms with Gasteiger partial charge in [-0.15, -0.1) is 12.4 Å². The van der Waals surface area contributed by atoms with Crippen molar-refractivity contribution in [3.63, 3.8) is 0 Å². The quantitative estimate of drug-likeness (QED) is 0.918. The first-order valence-electron chi connectivity index (χ1n) is 6.08. The van der Waals surface area contributed by atoms with Crippen molar-refractivity contribution in [1.82, 2.24) is 0 Å². The van der Waals surface area contributed by atoms with Crippen LogP contribution in [0.1, 0.15) is 16.7 Å². The van der Waals surface area contributed by atoms with Crippen LogP contribution in [-0.2, 0) is 19.3 Å². The number of benzene rings is 2. The highest BCUT2D eigenvalue weighted by Crippen LogP contribution is 2.38. The van der Waals surface area contributed by atoms with Crippen LogP contribution in [-0.4, -0.2) is 0 Å². The molecule has 0 atom stereocenters. The molecule has 0 amide bonds. The van der Waals surface area contributed by atoms with E-state index in [0.717, 1.165) is 11.6 Å². The summed E-state index contributed by atoms with van der Waals surface area (Å²) in [5, 5.41) is 0. The molecule has 2 nitrogen and oxygen atoms in total. The number of nitrogens with two attached hydrogens (primary N) is 1. The maximum Gasteiger partial charge on any atom is 0.419 e. The molecule has 0 aliphatic carbocycles. The predicted octanol–water partition coefficient (Wildman–Crippen LogP) is 4.16. The maximum atomic E-state index is 13.0. The third kappa shape index (κ3) is 4.37. The highest BCUT2D eigenvalue weighted by Gasteiger charge is 2.35. The number of hydrogen-bond acceptors (Lipinski definition) is 2. The Hall–Kier alpha value is -1.72. The predicted molar refractivity (Wildman–Crippen MR) is 77.4 cm³/mol. The average molecular weight is 318 g/mol. The Labute approximate surface area is 127 Å². The lowest BCUT2D eigenvalue weighted by molar-refractivity contribution is -0.139. The van der Waals surface area contributed by atoms with Gasteiger partial charge in [0.05, 0.1) is 5.56 Å². The van der Waals surface area contributed by atoms with E-state index >= 15 is 0 Å². The molecule has 21 heavy (non-hydrogen) atoms. The van der Waals surface area contributed by atoms with Gasteiger partial charge >= 0.3 is 6.18 Å². The molecule has 2 N–H and O–H groups in total. The van der Waals surface area contributed by atoms with Crippen molar-refractivity contribution in [3.8, 4) is 5.75 Å². The normalized spacial score (nSPS) is 10.9. The molecule has 0 heterocycles. The molecule has 0 aliphatic rings. The average Bonchev–Trinajstić information content (AvgIpc) is 2.44. The van der Waals surface area contributed by atoms with Crippen LogP contribution < -0.4 is 10.5 Å². The molecule has 0 aromatic heterocycles. The van der Waals surface area contributed by atoms with Crippen LogP contribution in [0.15, 0.2) is 48.5 Å². The number of halogens is 4. The van der Waals surface area contributed by atoms with Crippen molar-refractivity contribution in [2.75, 3.05) is 0 Å². The van der Waals surface area contributed by atoms with Crippen LogP contribution in [0.2, 0.25) is 0 Å². The highest BCUT2D eigenvalue weighted by molar-refractivity contribution is 5.85. The van der Waals surface area contributed by atoms with Gasteiger partial charge in [0, 0.05) is 12.1 Å². The van der Waals surface area contributed by atoms with Crippen LogP contribution in [0.4, 0.5) is 13.2 Å². The lowest BCUT2D eigenvalue weighted by Gasteiger charge is -2.17. The number of alkyl halides is 3. The van der Waals surface area contributed by atoms with Crippen LogP contribution in [0, 0.1) is 0 Å². The Kier molecular flexibility index (Phi) is 6.05. The summed E-state index contributed by atoms with van der Waals surface area (Å²) in [4.78, 5) is 0. The maximum absolute atomic E-state index is 13.0. The molecule has 0 aliphatic heterocycles. The summed E-state index contributed by atoms with van der Waals surface area (Å²) in [6.07, 6.45) is -4.46. The number of hydrogen-bond donors (Lipinski definition) is 1. The molecule has 2 aromatic carbocycles. The van der Waals surface area contributed by atoms with E-state index < -0.39 is 11.7 Å².